The van der Waals surface area contributed by atoms with Gasteiger partial charge in [0.25, 0.3) is 0 Å². The summed E-state index contributed by atoms with van der Waals surface area (Å²) in [4.78, 5) is 5.69. The number of aryl methyl sites for hydroxylation is 2. The number of nitrogens with zero attached hydrogens (tertiary/aromatic N) is 1. The number of hydrogen-bond donors (Lipinski definition) is 0. The molecule has 0 spiro atoms. The van der Waals surface area contributed by atoms with Crippen LogP contribution in [0.4, 0.5) is 0 Å². The highest BCUT2D eigenvalue weighted by atomic mass is 32.2. The van der Waals surface area contributed by atoms with Gasteiger partial charge in [-0.3, -0.25) is 4.98 Å². The Balaban J connectivity index is 3.02. The van der Waals surface area contributed by atoms with Gasteiger partial charge in [0.1, 0.15) is 0 Å². The summed E-state index contributed by atoms with van der Waals surface area (Å²) < 4.78 is 0. The summed E-state index contributed by atoms with van der Waals surface area (Å²) in [6.45, 7) is 4.33. The van der Waals surface area contributed by atoms with Crippen molar-refractivity contribution < 1.29 is 0 Å². The fourth-order valence-corrected chi connectivity index (χ4v) is 1.67. The first-order chi connectivity index (χ1) is 5.81. The van der Waals surface area contributed by atoms with Crippen LogP contribution >= 0.6 is 11.8 Å². The second kappa shape index (κ2) is 4.51. The fraction of sp³-hybridized carbons (Fsp3) is 0.500. The molecular formula is C10H15NS. The third kappa shape index (κ3) is 2.01. The van der Waals surface area contributed by atoms with Crippen LogP contribution in [0.15, 0.2) is 17.2 Å². The molecule has 0 aliphatic rings. The first kappa shape index (κ1) is 9.59. The van der Waals surface area contributed by atoms with Crippen molar-refractivity contribution in [2.45, 2.75) is 31.6 Å². The van der Waals surface area contributed by atoms with E-state index in [1.54, 1.807) is 11.8 Å². The van der Waals surface area contributed by atoms with Gasteiger partial charge in [-0.25, -0.2) is 0 Å². The third-order valence-corrected chi connectivity index (χ3v) is 2.68. The third-order valence-electron chi connectivity index (χ3n) is 1.99. The lowest BCUT2D eigenvalue weighted by atomic mass is 10.1. The molecular weight excluding hydrogens is 166 g/mol. The van der Waals surface area contributed by atoms with Crippen LogP contribution in [-0.4, -0.2) is 11.2 Å². The summed E-state index contributed by atoms with van der Waals surface area (Å²) in [5, 5.41) is 0. The van der Waals surface area contributed by atoms with Crippen LogP contribution in [0.2, 0.25) is 0 Å². The molecule has 0 atom stereocenters. The Hall–Kier alpha value is -0.500. The average Bonchev–Trinajstić information content (AvgIpc) is 2.16. The molecule has 0 bridgehead atoms. The minimum atomic E-state index is 1.04. The van der Waals surface area contributed by atoms with Crippen LogP contribution in [0.25, 0.3) is 0 Å². The van der Waals surface area contributed by atoms with Gasteiger partial charge in [-0.1, -0.05) is 13.8 Å². The lowest BCUT2D eigenvalue weighted by Gasteiger charge is -2.05. The van der Waals surface area contributed by atoms with E-state index in [0.29, 0.717) is 0 Å². The van der Waals surface area contributed by atoms with Crippen LogP contribution in [0.3, 0.4) is 0 Å². The van der Waals surface area contributed by atoms with Crippen molar-refractivity contribution >= 4 is 11.8 Å². The Morgan fingerprint density at radius 2 is 2.08 bits per heavy atom. The zero-order valence-electron chi connectivity index (χ0n) is 7.92. The topological polar surface area (TPSA) is 12.9 Å². The van der Waals surface area contributed by atoms with Gasteiger partial charge in [-0.05, 0) is 30.7 Å². The summed E-state index contributed by atoms with van der Waals surface area (Å²) >= 11 is 1.76. The average molecular weight is 181 g/mol. The molecule has 1 rings (SSSR count). The second-order valence-corrected chi connectivity index (χ2v) is 3.57. The van der Waals surface area contributed by atoms with Gasteiger partial charge in [-0.15, -0.1) is 11.8 Å². The first-order valence-corrected chi connectivity index (χ1v) is 5.56. The van der Waals surface area contributed by atoms with E-state index in [-0.39, 0.29) is 0 Å². The highest BCUT2D eigenvalue weighted by Gasteiger charge is 2.00. The van der Waals surface area contributed by atoms with Crippen LogP contribution in [0.1, 0.15) is 25.1 Å². The molecule has 1 nitrogen and oxygen atoms in total. The quantitative estimate of drug-likeness (QED) is 0.665. The Morgan fingerprint density at radius 1 is 1.33 bits per heavy atom. The van der Waals surface area contributed by atoms with E-state index in [4.69, 9.17) is 0 Å². The van der Waals surface area contributed by atoms with Crippen LogP contribution in [-0.2, 0) is 12.8 Å². The van der Waals surface area contributed by atoms with Gasteiger partial charge in [0.15, 0.2) is 0 Å². The maximum Gasteiger partial charge on any atom is 0.0433 e. The summed E-state index contributed by atoms with van der Waals surface area (Å²) in [6, 6.07) is 2.25. The summed E-state index contributed by atoms with van der Waals surface area (Å²) in [6.07, 6.45) is 6.17. The molecule has 0 fully saturated rings. The Kier molecular flexibility index (Phi) is 3.60. The van der Waals surface area contributed by atoms with E-state index in [2.05, 4.69) is 31.2 Å². The van der Waals surface area contributed by atoms with E-state index in [1.165, 1.54) is 16.2 Å². The molecule has 12 heavy (non-hydrogen) atoms. The molecule has 0 saturated carbocycles. The van der Waals surface area contributed by atoms with Crippen molar-refractivity contribution in [2.24, 2.45) is 0 Å². The van der Waals surface area contributed by atoms with E-state index in [1.807, 2.05) is 6.20 Å². The Labute approximate surface area is 78.6 Å². The van der Waals surface area contributed by atoms with E-state index in [9.17, 15) is 0 Å². The number of thioether (sulfide) groups is 1. The molecule has 0 aliphatic carbocycles. The molecule has 1 heterocycles. The van der Waals surface area contributed by atoms with Crippen molar-refractivity contribution in [1.82, 2.24) is 4.98 Å². The molecule has 0 unspecified atom stereocenters. The molecule has 0 amide bonds. The smallest absolute Gasteiger partial charge is 0.0433 e. The highest BCUT2D eigenvalue weighted by Crippen LogP contribution is 2.17. The van der Waals surface area contributed by atoms with Crippen LogP contribution in [0, 0.1) is 0 Å². The van der Waals surface area contributed by atoms with Crippen molar-refractivity contribution in [3.63, 3.8) is 0 Å². The Bertz CT molecular complexity index is 258. The maximum absolute atomic E-state index is 4.42. The zero-order chi connectivity index (χ0) is 8.97. The molecule has 0 aliphatic heterocycles. The lowest BCUT2D eigenvalue weighted by Crippen LogP contribution is -1.94. The number of hydrogen-bond acceptors (Lipinski definition) is 2. The normalized spacial score (nSPS) is 10.2. The minimum absolute atomic E-state index is 1.04. The first-order valence-electron chi connectivity index (χ1n) is 4.33. The summed E-state index contributed by atoms with van der Waals surface area (Å²) in [7, 11) is 0. The Morgan fingerprint density at radius 3 is 2.58 bits per heavy atom. The van der Waals surface area contributed by atoms with Gasteiger partial charge >= 0.3 is 0 Å². The fourth-order valence-electron chi connectivity index (χ4n) is 1.25. The van der Waals surface area contributed by atoms with Crippen molar-refractivity contribution in [1.29, 1.82) is 0 Å². The van der Waals surface area contributed by atoms with Gasteiger partial charge < -0.3 is 0 Å². The molecule has 0 aromatic carbocycles. The predicted octanol–water partition coefficient (Wildman–Crippen LogP) is 2.93. The second-order valence-electron chi connectivity index (χ2n) is 2.69. The molecule has 2 heteroatoms. The number of pyridine rings is 1. The van der Waals surface area contributed by atoms with Crippen LogP contribution < -0.4 is 0 Å². The van der Waals surface area contributed by atoms with Crippen molar-refractivity contribution in [3.05, 3.63) is 23.5 Å². The molecule has 0 radical (unpaired) electrons. The van der Waals surface area contributed by atoms with Crippen molar-refractivity contribution in [2.75, 3.05) is 6.26 Å². The molecule has 66 valence electrons. The maximum atomic E-state index is 4.42. The largest absolute Gasteiger partial charge is 0.260 e. The minimum Gasteiger partial charge on any atom is -0.260 e. The zero-order valence-corrected chi connectivity index (χ0v) is 8.74. The standard InChI is InChI=1S/C10H15NS/c1-4-8-6-9(12-3)7-11-10(8)5-2/h6-7H,4-5H2,1-3H3. The van der Waals surface area contributed by atoms with Crippen LogP contribution in [0.5, 0.6) is 0 Å². The monoisotopic (exact) mass is 181 g/mol. The predicted molar refractivity (Wildman–Crippen MR) is 54.8 cm³/mol. The number of aromatic nitrogens is 1. The van der Waals surface area contributed by atoms with Gasteiger partial charge in [-0.2, -0.15) is 0 Å². The summed E-state index contributed by atoms with van der Waals surface area (Å²) in [5.41, 5.74) is 2.64. The van der Waals surface area contributed by atoms with Gasteiger partial charge in [0, 0.05) is 16.8 Å². The SMILES string of the molecule is CCc1cc(SC)cnc1CC. The summed E-state index contributed by atoms with van der Waals surface area (Å²) in [5.74, 6) is 0. The van der Waals surface area contributed by atoms with E-state index >= 15 is 0 Å². The molecule has 0 N–H and O–H groups in total. The van der Waals surface area contributed by atoms with Gasteiger partial charge in [0.05, 0.1) is 0 Å². The molecule has 0 saturated heterocycles. The van der Waals surface area contributed by atoms with E-state index < -0.39 is 0 Å². The highest BCUT2D eigenvalue weighted by molar-refractivity contribution is 7.98. The molecule has 1 aromatic heterocycles. The van der Waals surface area contributed by atoms with Gasteiger partial charge in [0.2, 0.25) is 0 Å². The van der Waals surface area contributed by atoms with Crippen molar-refractivity contribution in [3.8, 4) is 0 Å². The lowest BCUT2D eigenvalue weighted by molar-refractivity contribution is 0.946. The number of rotatable bonds is 3. The van der Waals surface area contributed by atoms with E-state index in [0.717, 1.165) is 12.8 Å². The molecule has 1 aromatic rings.